The van der Waals surface area contributed by atoms with Gasteiger partial charge in [0.2, 0.25) is 0 Å². The van der Waals surface area contributed by atoms with Crippen molar-refractivity contribution in [1.29, 1.82) is 0 Å². The molecule has 1 saturated heterocycles. The van der Waals surface area contributed by atoms with Crippen LogP contribution in [0.15, 0.2) is 52.3 Å². The normalized spacial score (nSPS) is 15.1. The average molecular weight is 506 g/mol. The van der Waals surface area contributed by atoms with Crippen molar-refractivity contribution in [3.63, 3.8) is 0 Å². The summed E-state index contributed by atoms with van der Waals surface area (Å²) in [6.45, 7) is 6.25. The van der Waals surface area contributed by atoms with Crippen molar-refractivity contribution in [3.05, 3.63) is 48.0 Å². The predicted octanol–water partition coefficient (Wildman–Crippen LogP) is 3.79. The van der Waals surface area contributed by atoms with Crippen molar-refractivity contribution in [2.24, 2.45) is 0 Å². The number of thioether (sulfide) groups is 1. The molecular weight excluding hydrogens is 478 g/mol. The Bertz CT molecular complexity index is 1220. The zero-order valence-electron chi connectivity index (χ0n) is 18.7. The molecule has 0 unspecified atom stereocenters. The van der Waals surface area contributed by atoms with E-state index < -0.39 is 9.84 Å². The Hall–Kier alpha value is -1.98. The molecule has 2 aromatic carbocycles. The fraction of sp³-hybridized carbons (Fsp3) is 0.391. The van der Waals surface area contributed by atoms with Gasteiger partial charge in [0.1, 0.15) is 5.52 Å². The van der Waals surface area contributed by atoms with Gasteiger partial charge in [-0.3, -0.25) is 14.6 Å². The molecule has 2 heterocycles. The Labute approximate surface area is 202 Å². The topological polar surface area (TPSA) is 79.8 Å². The number of thiazole rings is 1. The standard InChI is InChI=1S/C23H27N3O4S3/c1-3-31-18-9-7-17(8-10-18)22(27)26(12-11-25-13-15-30-16-14-25)23-24-21-19(32-23)5-4-6-20(21)33(2,28)29/h4-10H,3,11-16H2,1-2H3. The van der Waals surface area contributed by atoms with Gasteiger partial charge in [0.05, 0.1) is 22.8 Å². The zero-order chi connectivity index (χ0) is 23.4. The summed E-state index contributed by atoms with van der Waals surface area (Å²) in [5, 5.41) is 0.506. The number of fused-ring (bicyclic) bond motifs is 1. The van der Waals surface area contributed by atoms with Crippen LogP contribution in [0.1, 0.15) is 17.3 Å². The number of nitrogens with zero attached hydrogens (tertiary/aromatic N) is 3. The van der Waals surface area contributed by atoms with Crippen LogP contribution in [0.3, 0.4) is 0 Å². The third-order valence-corrected chi connectivity index (χ3v) is 8.47. The van der Waals surface area contributed by atoms with Gasteiger partial charge in [0.15, 0.2) is 15.0 Å². The first-order valence-corrected chi connectivity index (χ1v) is 14.5. The molecule has 176 valence electrons. The Balaban J connectivity index is 1.68. The molecule has 1 fully saturated rings. The highest BCUT2D eigenvalue weighted by Gasteiger charge is 2.24. The minimum Gasteiger partial charge on any atom is -0.379 e. The molecule has 4 rings (SSSR count). The van der Waals surface area contributed by atoms with Crippen LogP contribution < -0.4 is 4.90 Å². The first kappa shape index (κ1) is 24.2. The van der Waals surface area contributed by atoms with Crippen LogP contribution in [0.25, 0.3) is 10.2 Å². The molecular formula is C23H27N3O4S3. The molecule has 0 N–H and O–H groups in total. The van der Waals surface area contributed by atoms with Crippen molar-refractivity contribution >= 4 is 54.2 Å². The monoisotopic (exact) mass is 505 g/mol. The lowest BCUT2D eigenvalue weighted by atomic mass is 10.2. The molecule has 0 radical (unpaired) electrons. The van der Waals surface area contributed by atoms with Crippen molar-refractivity contribution in [3.8, 4) is 0 Å². The van der Waals surface area contributed by atoms with Crippen LogP contribution in [0.5, 0.6) is 0 Å². The fourth-order valence-electron chi connectivity index (χ4n) is 3.69. The maximum absolute atomic E-state index is 13.6. The Kier molecular flexibility index (Phi) is 7.70. The number of hydrogen-bond donors (Lipinski definition) is 0. The molecule has 33 heavy (non-hydrogen) atoms. The molecule has 7 nitrogen and oxygen atoms in total. The van der Waals surface area contributed by atoms with E-state index in [0.717, 1.165) is 28.4 Å². The minimum absolute atomic E-state index is 0.142. The number of aromatic nitrogens is 1. The SMILES string of the molecule is CCSc1ccc(C(=O)N(CCN2CCOCC2)c2nc3c(S(C)(=O)=O)cccc3s2)cc1. The zero-order valence-corrected chi connectivity index (χ0v) is 21.1. The predicted molar refractivity (Wildman–Crippen MR) is 135 cm³/mol. The van der Waals surface area contributed by atoms with Crippen molar-refractivity contribution in [2.45, 2.75) is 16.7 Å². The first-order valence-electron chi connectivity index (χ1n) is 10.8. The van der Waals surface area contributed by atoms with E-state index in [1.165, 1.54) is 17.6 Å². The van der Waals surface area contributed by atoms with Gasteiger partial charge in [0, 0.05) is 42.9 Å². The van der Waals surface area contributed by atoms with E-state index in [2.05, 4.69) is 16.8 Å². The third-order valence-electron chi connectivity index (χ3n) is 5.40. The van der Waals surface area contributed by atoms with Crippen LogP contribution in [0, 0.1) is 0 Å². The average Bonchev–Trinajstić information content (AvgIpc) is 3.23. The molecule has 0 atom stereocenters. The molecule has 0 saturated carbocycles. The number of carbonyl (C=O) groups is 1. The third kappa shape index (κ3) is 5.75. The number of amides is 1. The summed E-state index contributed by atoms with van der Waals surface area (Å²) in [4.78, 5) is 23.4. The summed E-state index contributed by atoms with van der Waals surface area (Å²) in [5.74, 6) is 0.823. The number of anilines is 1. The molecule has 1 amide bonds. The van der Waals surface area contributed by atoms with E-state index in [0.29, 0.717) is 42.5 Å². The van der Waals surface area contributed by atoms with E-state index in [1.54, 1.807) is 28.8 Å². The fourth-order valence-corrected chi connectivity index (χ4v) is 6.27. The lowest BCUT2D eigenvalue weighted by Crippen LogP contribution is -2.43. The highest BCUT2D eigenvalue weighted by molar-refractivity contribution is 7.99. The number of benzene rings is 2. The van der Waals surface area contributed by atoms with Crippen molar-refractivity contribution < 1.29 is 17.9 Å². The Morgan fingerprint density at radius 3 is 2.58 bits per heavy atom. The molecule has 1 aliphatic rings. The summed E-state index contributed by atoms with van der Waals surface area (Å²) in [5.41, 5.74) is 0.999. The highest BCUT2D eigenvalue weighted by Crippen LogP contribution is 2.33. The highest BCUT2D eigenvalue weighted by atomic mass is 32.2. The largest absolute Gasteiger partial charge is 0.379 e. The minimum atomic E-state index is -3.44. The lowest BCUT2D eigenvalue weighted by Gasteiger charge is -2.29. The first-order chi connectivity index (χ1) is 15.9. The number of morpholine rings is 1. The number of para-hydroxylation sites is 1. The lowest BCUT2D eigenvalue weighted by molar-refractivity contribution is 0.0391. The summed E-state index contributed by atoms with van der Waals surface area (Å²) in [6.07, 6.45) is 1.18. The van der Waals surface area contributed by atoms with Crippen LogP contribution in [0.4, 0.5) is 5.13 Å². The van der Waals surface area contributed by atoms with Crippen LogP contribution in [-0.4, -0.2) is 75.6 Å². The van der Waals surface area contributed by atoms with E-state index in [9.17, 15) is 13.2 Å². The molecule has 10 heteroatoms. The van der Waals surface area contributed by atoms with Crippen molar-refractivity contribution in [2.75, 3.05) is 56.3 Å². The van der Waals surface area contributed by atoms with Gasteiger partial charge >= 0.3 is 0 Å². The Morgan fingerprint density at radius 1 is 1.18 bits per heavy atom. The summed E-state index contributed by atoms with van der Waals surface area (Å²) < 4.78 is 30.7. The number of rotatable bonds is 8. The number of hydrogen-bond acceptors (Lipinski definition) is 8. The summed E-state index contributed by atoms with van der Waals surface area (Å²) >= 11 is 3.06. The second kappa shape index (κ2) is 10.5. The number of carbonyl (C=O) groups excluding carboxylic acids is 1. The molecule has 0 aliphatic carbocycles. The second-order valence-corrected chi connectivity index (χ2v) is 12.1. The molecule has 1 aromatic heterocycles. The Morgan fingerprint density at radius 2 is 1.91 bits per heavy atom. The molecule has 0 spiro atoms. The maximum Gasteiger partial charge on any atom is 0.260 e. The quantitative estimate of drug-likeness (QED) is 0.431. The van der Waals surface area contributed by atoms with Gasteiger partial charge in [-0.15, -0.1) is 11.8 Å². The van der Waals surface area contributed by atoms with Gasteiger partial charge in [0.25, 0.3) is 5.91 Å². The van der Waals surface area contributed by atoms with Crippen LogP contribution in [0.2, 0.25) is 0 Å². The second-order valence-electron chi connectivity index (χ2n) is 7.74. The van der Waals surface area contributed by atoms with Gasteiger partial charge < -0.3 is 4.74 Å². The van der Waals surface area contributed by atoms with Crippen LogP contribution >= 0.6 is 23.1 Å². The molecule has 0 bridgehead atoms. The smallest absolute Gasteiger partial charge is 0.260 e. The number of sulfone groups is 1. The summed E-state index contributed by atoms with van der Waals surface area (Å²) in [7, 11) is -3.44. The van der Waals surface area contributed by atoms with Crippen molar-refractivity contribution in [1.82, 2.24) is 9.88 Å². The maximum atomic E-state index is 13.6. The molecule has 3 aromatic rings. The summed E-state index contributed by atoms with van der Waals surface area (Å²) in [6, 6.07) is 12.7. The van der Waals surface area contributed by atoms with Gasteiger partial charge in [-0.1, -0.05) is 24.3 Å². The molecule has 1 aliphatic heterocycles. The van der Waals surface area contributed by atoms with Gasteiger partial charge in [-0.05, 0) is 42.2 Å². The van der Waals surface area contributed by atoms with E-state index in [-0.39, 0.29) is 10.8 Å². The van der Waals surface area contributed by atoms with E-state index in [4.69, 9.17) is 4.74 Å². The van der Waals surface area contributed by atoms with E-state index in [1.807, 2.05) is 30.3 Å². The van der Waals surface area contributed by atoms with Gasteiger partial charge in [-0.2, -0.15) is 0 Å². The van der Waals surface area contributed by atoms with Gasteiger partial charge in [-0.25, -0.2) is 13.4 Å². The van der Waals surface area contributed by atoms with Crippen LogP contribution in [-0.2, 0) is 14.6 Å². The van der Waals surface area contributed by atoms with E-state index >= 15 is 0 Å². The number of ether oxygens (including phenoxy) is 1.